The van der Waals surface area contributed by atoms with Gasteiger partial charge in [0.25, 0.3) is 0 Å². The fraction of sp³-hybridized carbons (Fsp3) is 0.0833. The normalized spacial score (nSPS) is 11.7. The highest BCUT2D eigenvalue weighted by Crippen LogP contribution is 2.22. The van der Waals surface area contributed by atoms with Crippen LogP contribution in [-0.4, -0.2) is 17.3 Å². The summed E-state index contributed by atoms with van der Waals surface area (Å²) in [5.74, 6) is -0.982. The smallest absolute Gasteiger partial charge is 0.336 e. The molecular weight excluding hydrogens is 348 g/mol. The minimum atomic E-state index is -0.982. The van der Waals surface area contributed by atoms with E-state index < -0.39 is 5.97 Å². The number of aryl methyl sites for hydroxylation is 1. The van der Waals surface area contributed by atoms with E-state index in [0.29, 0.717) is 11.3 Å². The van der Waals surface area contributed by atoms with Crippen molar-refractivity contribution in [3.05, 3.63) is 95.1 Å². The summed E-state index contributed by atoms with van der Waals surface area (Å²) in [5.41, 5.74) is 11.0. The fourth-order valence-corrected chi connectivity index (χ4v) is 2.74. The molecular formula is C24H22N2O2. The Bertz CT molecular complexity index is 1000. The number of nitrogens with zero attached hydrogens (tertiary/aromatic N) is 1. The van der Waals surface area contributed by atoms with Gasteiger partial charge >= 0.3 is 5.97 Å². The number of carboxylic acids is 1. The lowest BCUT2D eigenvalue weighted by Gasteiger charge is -2.04. The number of nitrogen functional groups attached to an aromatic ring is 1. The molecule has 4 heteroatoms. The van der Waals surface area contributed by atoms with Crippen molar-refractivity contribution >= 4 is 35.2 Å². The molecule has 0 aliphatic carbocycles. The number of benzene rings is 3. The number of rotatable bonds is 6. The van der Waals surface area contributed by atoms with Crippen LogP contribution in [0.4, 0.5) is 11.4 Å². The maximum Gasteiger partial charge on any atom is 0.336 e. The number of aliphatic carboxylic acids is 1. The average molecular weight is 370 g/mol. The predicted molar refractivity (Wildman–Crippen MR) is 116 cm³/mol. The first-order chi connectivity index (χ1) is 13.5. The largest absolute Gasteiger partial charge is 0.478 e. The van der Waals surface area contributed by atoms with Crippen LogP contribution in [0.5, 0.6) is 0 Å². The second-order valence-electron chi connectivity index (χ2n) is 6.43. The molecule has 0 heterocycles. The third-order valence-corrected chi connectivity index (χ3v) is 4.41. The van der Waals surface area contributed by atoms with E-state index in [1.807, 2.05) is 24.3 Å². The first kappa shape index (κ1) is 19.1. The van der Waals surface area contributed by atoms with Crippen LogP contribution in [0.3, 0.4) is 0 Å². The number of aliphatic imine (C=N–C) groups is 1. The van der Waals surface area contributed by atoms with Gasteiger partial charge in [-0.1, -0.05) is 55.5 Å². The molecule has 0 aliphatic heterocycles. The lowest BCUT2D eigenvalue weighted by Crippen LogP contribution is -1.99. The molecule has 28 heavy (non-hydrogen) atoms. The van der Waals surface area contributed by atoms with Crippen LogP contribution in [0, 0.1) is 0 Å². The Hall–Kier alpha value is -3.66. The fourth-order valence-electron chi connectivity index (χ4n) is 2.74. The van der Waals surface area contributed by atoms with Crippen LogP contribution < -0.4 is 5.73 Å². The molecule has 3 aromatic rings. The van der Waals surface area contributed by atoms with E-state index >= 15 is 0 Å². The molecule has 3 aromatic carbocycles. The molecule has 0 bridgehead atoms. The zero-order valence-corrected chi connectivity index (χ0v) is 15.7. The number of anilines is 1. The van der Waals surface area contributed by atoms with Crippen LogP contribution in [0.15, 0.2) is 77.8 Å². The molecule has 0 aromatic heterocycles. The van der Waals surface area contributed by atoms with Gasteiger partial charge in [0.15, 0.2) is 0 Å². The van der Waals surface area contributed by atoms with Crippen LogP contribution in [0.25, 0.3) is 11.6 Å². The Morgan fingerprint density at radius 2 is 1.54 bits per heavy atom. The number of nitrogens with two attached hydrogens (primary N) is 1. The highest BCUT2D eigenvalue weighted by Gasteiger charge is 2.10. The molecule has 0 atom stereocenters. The molecule has 0 spiro atoms. The van der Waals surface area contributed by atoms with Gasteiger partial charge in [-0.3, -0.25) is 4.99 Å². The summed E-state index contributed by atoms with van der Waals surface area (Å²) >= 11 is 0. The Labute approximate surface area is 164 Å². The first-order valence-electron chi connectivity index (χ1n) is 9.09. The molecule has 0 radical (unpaired) electrons. The molecule has 0 unspecified atom stereocenters. The van der Waals surface area contributed by atoms with Gasteiger partial charge < -0.3 is 10.8 Å². The lowest BCUT2D eigenvalue weighted by molar-refractivity contribution is -0.130. The Morgan fingerprint density at radius 1 is 0.929 bits per heavy atom. The van der Waals surface area contributed by atoms with Crippen LogP contribution in [0.2, 0.25) is 0 Å². The average Bonchev–Trinajstić information content (AvgIpc) is 2.72. The third-order valence-electron chi connectivity index (χ3n) is 4.41. The first-order valence-corrected chi connectivity index (χ1v) is 9.09. The summed E-state index contributed by atoms with van der Waals surface area (Å²) in [6.07, 6.45) is 4.45. The van der Waals surface area contributed by atoms with Crippen LogP contribution >= 0.6 is 0 Å². The van der Waals surface area contributed by atoms with Gasteiger partial charge in [-0.05, 0) is 59.0 Å². The lowest BCUT2D eigenvalue weighted by atomic mass is 10.0. The van der Waals surface area contributed by atoms with Crippen molar-refractivity contribution in [2.24, 2.45) is 4.99 Å². The van der Waals surface area contributed by atoms with E-state index in [2.05, 4.69) is 24.0 Å². The summed E-state index contributed by atoms with van der Waals surface area (Å²) in [6.45, 7) is 2.12. The van der Waals surface area contributed by atoms with Crippen molar-refractivity contribution < 1.29 is 9.90 Å². The molecule has 0 fully saturated rings. The van der Waals surface area contributed by atoms with E-state index in [4.69, 9.17) is 5.73 Å². The molecule has 0 saturated heterocycles. The van der Waals surface area contributed by atoms with Crippen molar-refractivity contribution in [3.63, 3.8) is 0 Å². The third kappa shape index (κ3) is 4.95. The van der Waals surface area contributed by atoms with E-state index in [1.165, 1.54) is 5.56 Å². The molecule has 3 rings (SSSR count). The van der Waals surface area contributed by atoms with Gasteiger partial charge in [0, 0.05) is 11.9 Å². The monoisotopic (exact) mass is 370 g/mol. The van der Waals surface area contributed by atoms with Gasteiger partial charge in [0.1, 0.15) is 0 Å². The van der Waals surface area contributed by atoms with E-state index in [-0.39, 0.29) is 5.57 Å². The van der Waals surface area contributed by atoms with Gasteiger partial charge in [-0.25, -0.2) is 4.79 Å². The summed E-state index contributed by atoms with van der Waals surface area (Å²) in [4.78, 5) is 16.2. The van der Waals surface area contributed by atoms with E-state index in [1.54, 1.807) is 48.7 Å². The van der Waals surface area contributed by atoms with Gasteiger partial charge in [0.05, 0.1) is 11.3 Å². The summed E-state index contributed by atoms with van der Waals surface area (Å²) in [5, 5.41) is 9.58. The Kier molecular flexibility index (Phi) is 6.02. The quantitative estimate of drug-likeness (QED) is 0.271. The van der Waals surface area contributed by atoms with Crippen molar-refractivity contribution in [1.82, 2.24) is 0 Å². The molecule has 0 amide bonds. The topological polar surface area (TPSA) is 75.7 Å². The number of hydrogen-bond donors (Lipinski definition) is 2. The summed E-state index contributed by atoms with van der Waals surface area (Å²) in [7, 11) is 0. The maximum absolute atomic E-state index is 11.7. The summed E-state index contributed by atoms with van der Waals surface area (Å²) in [6, 6.07) is 22.5. The Balaban J connectivity index is 1.80. The predicted octanol–water partition coefficient (Wildman–Crippen LogP) is 5.21. The molecule has 4 nitrogen and oxygen atoms in total. The molecule has 3 N–H and O–H groups in total. The molecule has 0 aliphatic rings. The van der Waals surface area contributed by atoms with Crippen molar-refractivity contribution in [3.8, 4) is 0 Å². The van der Waals surface area contributed by atoms with Crippen LogP contribution in [0.1, 0.15) is 29.2 Å². The van der Waals surface area contributed by atoms with Crippen molar-refractivity contribution in [2.45, 2.75) is 13.3 Å². The minimum absolute atomic E-state index is 0.218. The maximum atomic E-state index is 11.7. The van der Waals surface area contributed by atoms with E-state index in [0.717, 1.165) is 23.2 Å². The second-order valence-corrected chi connectivity index (χ2v) is 6.43. The van der Waals surface area contributed by atoms with Gasteiger partial charge in [0.2, 0.25) is 0 Å². The highest BCUT2D eigenvalue weighted by molar-refractivity contribution is 6.20. The Morgan fingerprint density at radius 3 is 2.11 bits per heavy atom. The van der Waals surface area contributed by atoms with Crippen molar-refractivity contribution in [2.75, 3.05) is 5.73 Å². The number of carbonyl (C=O) groups is 1. The number of carboxylic acid groups (broad SMARTS) is 1. The van der Waals surface area contributed by atoms with E-state index in [9.17, 15) is 9.90 Å². The molecule has 140 valence electrons. The SMILES string of the molecule is CCc1ccc(C=Nc2ccc(C(=Cc3ccc(N)cc3)C(=O)O)cc2)cc1. The van der Waals surface area contributed by atoms with Gasteiger partial charge in [-0.15, -0.1) is 0 Å². The standard InChI is InChI=1S/C24H22N2O2/c1-2-17-3-5-19(6-4-17)16-26-22-13-9-20(10-14-22)23(24(27)28)15-18-7-11-21(25)12-8-18/h3-16H,2,25H2,1H3,(H,27,28). The second kappa shape index (κ2) is 8.82. The minimum Gasteiger partial charge on any atom is -0.478 e. The molecule has 0 saturated carbocycles. The van der Waals surface area contributed by atoms with Gasteiger partial charge in [-0.2, -0.15) is 0 Å². The zero-order chi connectivity index (χ0) is 19.9. The zero-order valence-electron chi connectivity index (χ0n) is 15.7. The summed E-state index contributed by atoms with van der Waals surface area (Å²) < 4.78 is 0. The highest BCUT2D eigenvalue weighted by atomic mass is 16.4. The van der Waals surface area contributed by atoms with Crippen LogP contribution in [-0.2, 0) is 11.2 Å². The van der Waals surface area contributed by atoms with Crippen molar-refractivity contribution in [1.29, 1.82) is 0 Å². The number of hydrogen-bond acceptors (Lipinski definition) is 3.